The summed E-state index contributed by atoms with van der Waals surface area (Å²) < 4.78 is 54.3. The van der Waals surface area contributed by atoms with Crippen molar-refractivity contribution in [3.63, 3.8) is 0 Å². The van der Waals surface area contributed by atoms with E-state index >= 15 is 0 Å². The Hall–Kier alpha value is -1.49. The summed E-state index contributed by atoms with van der Waals surface area (Å²) in [7, 11) is -4.28. The van der Waals surface area contributed by atoms with Gasteiger partial charge in [0.1, 0.15) is 10.7 Å². The number of nitrogens with zero attached hydrogens (tertiary/aromatic N) is 1. The number of piperidine rings is 1. The summed E-state index contributed by atoms with van der Waals surface area (Å²) in [5.41, 5.74) is 0.338. The van der Waals surface area contributed by atoms with E-state index in [1.54, 1.807) is 0 Å². The Morgan fingerprint density at radius 2 is 2.00 bits per heavy atom. The first-order valence-corrected chi connectivity index (χ1v) is 13.1. The van der Waals surface area contributed by atoms with Gasteiger partial charge < -0.3 is 10.6 Å². The molecule has 3 rings (SSSR count). The van der Waals surface area contributed by atoms with Crippen LogP contribution in [0.4, 0.5) is 19.6 Å². The molecule has 0 saturated carbocycles. The quantitative estimate of drug-likeness (QED) is 0.367. The Kier molecular flexibility index (Phi) is 8.88. The average Bonchev–Trinajstić information content (AvgIpc) is 3.13. The molecule has 0 amide bonds. The molecular weight excluding hydrogens is 466 g/mol. The molecule has 1 atom stereocenters. The van der Waals surface area contributed by atoms with Crippen molar-refractivity contribution < 1.29 is 17.2 Å². The van der Waals surface area contributed by atoms with E-state index in [0.29, 0.717) is 29.6 Å². The summed E-state index contributed by atoms with van der Waals surface area (Å²) in [5.74, 6) is -0.948. The number of hydrogen-bond acceptors (Lipinski definition) is 6. The van der Waals surface area contributed by atoms with Gasteiger partial charge in [-0.2, -0.15) is 4.39 Å². The maximum atomic E-state index is 14.5. The fourth-order valence-electron chi connectivity index (χ4n) is 3.60. The minimum atomic E-state index is -4.28. The molecule has 1 aromatic carbocycles. The smallest absolute Gasteiger partial charge is 0.266 e. The fourth-order valence-corrected chi connectivity index (χ4v) is 5.77. The third kappa shape index (κ3) is 7.27. The van der Waals surface area contributed by atoms with Crippen LogP contribution < -0.4 is 15.4 Å². The number of anilines is 2. The minimum Gasteiger partial charge on any atom is -0.384 e. The molecule has 0 unspecified atom stereocenters. The molecule has 1 saturated heterocycles. The summed E-state index contributed by atoms with van der Waals surface area (Å²) >= 11 is 6.67. The lowest BCUT2D eigenvalue weighted by Crippen LogP contribution is -2.33. The van der Waals surface area contributed by atoms with Crippen LogP contribution in [0.3, 0.4) is 0 Å². The number of hydrogen-bond donors (Lipinski definition) is 3. The van der Waals surface area contributed by atoms with E-state index in [2.05, 4.69) is 20.3 Å². The number of unbranched alkanes of at least 4 members (excludes halogenated alkanes) is 3. The molecule has 1 aliphatic rings. The lowest BCUT2D eigenvalue weighted by molar-refractivity contribution is 0.371. The van der Waals surface area contributed by atoms with Crippen molar-refractivity contribution >= 4 is 43.8 Å². The predicted octanol–water partition coefficient (Wildman–Crippen LogP) is 5.38. The van der Waals surface area contributed by atoms with Crippen LogP contribution >= 0.6 is 22.9 Å². The van der Waals surface area contributed by atoms with Crippen molar-refractivity contribution in [3.05, 3.63) is 34.3 Å². The second kappa shape index (κ2) is 11.4. The molecule has 172 valence electrons. The first kappa shape index (κ1) is 24.2. The Labute approximate surface area is 190 Å². The van der Waals surface area contributed by atoms with Crippen LogP contribution in [-0.4, -0.2) is 32.5 Å². The standard InChI is InChI=1S/C20H27ClF2N4O2S2/c21-15-11-18(31(28,29)27-20-26-13-19(23)30-20)16(22)12-17(15)25-10-5-2-1-3-7-14-8-4-6-9-24-14/h11-14,24-25H,1-10H2,(H,26,27)/t14-/m0/s1. The lowest BCUT2D eigenvalue weighted by Gasteiger charge is -2.23. The van der Waals surface area contributed by atoms with Crippen LogP contribution in [-0.2, 0) is 10.0 Å². The molecule has 1 aromatic heterocycles. The van der Waals surface area contributed by atoms with Gasteiger partial charge in [-0.25, -0.2) is 17.8 Å². The first-order valence-electron chi connectivity index (χ1n) is 10.5. The van der Waals surface area contributed by atoms with Crippen molar-refractivity contribution in [1.29, 1.82) is 0 Å². The molecule has 1 aliphatic heterocycles. The Morgan fingerprint density at radius 3 is 2.71 bits per heavy atom. The SMILES string of the molecule is O=S(=O)(Nc1ncc(F)s1)c1cc(Cl)c(NCCCCCC[C@H]2CCCCN2)cc1F. The normalized spacial score (nSPS) is 16.9. The third-order valence-electron chi connectivity index (χ3n) is 5.22. The van der Waals surface area contributed by atoms with Crippen molar-refractivity contribution in [2.24, 2.45) is 0 Å². The molecule has 2 heterocycles. The monoisotopic (exact) mass is 492 g/mol. The summed E-state index contributed by atoms with van der Waals surface area (Å²) in [5, 5.41) is 5.88. The second-order valence-corrected chi connectivity index (χ2v) is 10.7. The molecule has 11 heteroatoms. The van der Waals surface area contributed by atoms with Gasteiger partial charge >= 0.3 is 0 Å². The number of thiazole rings is 1. The number of nitrogens with one attached hydrogen (secondary N) is 3. The molecular formula is C20H27ClF2N4O2S2. The van der Waals surface area contributed by atoms with Gasteiger partial charge in [-0.05, 0) is 44.4 Å². The van der Waals surface area contributed by atoms with Crippen molar-refractivity contribution in [3.8, 4) is 0 Å². The highest BCUT2D eigenvalue weighted by Crippen LogP contribution is 2.30. The summed E-state index contributed by atoms with van der Waals surface area (Å²) in [6.07, 6.45) is 10.3. The van der Waals surface area contributed by atoms with Crippen molar-refractivity contribution in [2.45, 2.75) is 62.3 Å². The molecule has 2 aromatic rings. The highest BCUT2D eigenvalue weighted by atomic mass is 35.5. The van der Waals surface area contributed by atoms with Gasteiger partial charge in [0.25, 0.3) is 10.0 Å². The molecule has 3 N–H and O–H groups in total. The van der Waals surface area contributed by atoms with E-state index in [1.807, 2.05) is 0 Å². The van der Waals surface area contributed by atoms with Gasteiger partial charge in [0.05, 0.1) is 16.9 Å². The Morgan fingerprint density at radius 1 is 1.19 bits per heavy atom. The highest BCUT2D eigenvalue weighted by Gasteiger charge is 2.23. The van der Waals surface area contributed by atoms with Gasteiger partial charge in [0.2, 0.25) is 0 Å². The van der Waals surface area contributed by atoms with Crippen LogP contribution in [0.5, 0.6) is 0 Å². The number of rotatable bonds is 11. The predicted molar refractivity (Wildman–Crippen MR) is 122 cm³/mol. The summed E-state index contributed by atoms with van der Waals surface area (Å²) in [6, 6.07) is 2.77. The molecule has 6 nitrogen and oxygen atoms in total. The van der Waals surface area contributed by atoms with Gasteiger partial charge in [-0.15, -0.1) is 0 Å². The lowest BCUT2D eigenvalue weighted by atomic mass is 9.99. The zero-order valence-corrected chi connectivity index (χ0v) is 19.5. The zero-order valence-electron chi connectivity index (χ0n) is 17.1. The molecule has 0 bridgehead atoms. The number of benzene rings is 1. The van der Waals surface area contributed by atoms with E-state index in [9.17, 15) is 17.2 Å². The largest absolute Gasteiger partial charge is 0.384 e. The molecule has 0 spiro atoms. The molecule has 1 fully saturated rings. The number of sulfonamides is 1. The summed E-state index contributed by atoms with van der Waals surface area (Å²) in [4.78, 5) is 2.96. The minimum absolute atomic E-state index is 0.0930. The second-order valence-electron chi connectivity index (χ2n) is 7.61. The van der Waals surface area contributed by atoms with Crippen LogP contribution in [0, 0.1) is 10.9 Å². The Balaban J connectivity index is 1.45. The summed E-state index contributed by atoms with van der Waals surface area (Å²) in [6.45, 7) is 1.75. The molecule has 0 aliphatic carbocycles. The van der Waals surface area contributed by atoms with Gasteiger partial charge in [-0.1, -0.05) is 48.6 Å². The van der Waals surface area contributed by atoms with Crippen LogP contribution in [0.1, 0.15) is 51.4 Å². The van der Waals surface area contributed by atoms with Crippen molar-refractivity contribution in [2.75, 3.05) is 23.1 Å². The van der Waals surface area contributed by atoms with E-state index in [0.717, 1.165) is 44.1 Å². The van der Waals surface area contributed by atoms with Crippen molar-refractivity contribution in [1.82, 2.24) is 10.3 Å². The van der Waals surface area contributed by atoms with E-state index in [4.69, 9.17) is 11.6 Å². The fraction of sp³-hybridized carbons (Fsp3) is 0.550. The van der Waals surface area contributed by atoms with Gasteiger partial charge in [-0.3, -0.25) is 4.72 Å². The topological polar surface area (TPSA) is 83.1 Å². The van der Waals surface area contributed by atoms with E-state index < -0.39 is 25.9 Å². The third-order valence-corrected chi connectivity index (χ3v) is 7.71. The van der Waals surface area contributed by atoms with Gasteiger partial charge in [0, 0.05) is 12.6 Å². The maximum absolute atomic E-state index is 14.5. The molecule has 31 heavy (non-hydrogen) atoms. The number of aromatic nitrogens is 1. The highest BCUT2D eigenvalue weighted by molar-refractivity contribution is 7.93. The first-order chi connectivity index (χ1) is 14.8. The molecule has 0 radical (unpaired) electrons. The van der Waals surface area contributed by atoms with Crippen LogP contribution in [0.2, 0.25) is 5.02 Å². The van der Waals surface area contributed by atoms with E-state index in [-0.39, 0.29) is 10.2 Å². The van der Waals surface area contributed by atoms with E-state index in [1.165, 1.54) is 32.1 Å². The zero-order chi connectivity index (χ0) is 22.3. The maximum Gasteiger partial charge on any atom is 0.266 e. The Bertz CT molecular complexity index is 966. The van der Waals surface area contributed by atoms with Crippen LogP contribution in [0.25, 0.3) is 0 Å². The van der Waals surface area contributed by atoms with Gasteiger partial charge in [0.15, 0.2) is 10.3 Å². The number of halogens is 3. The van der Waals surface area contributed by atoms with Crippen LogP contribution in [0.15, 0.2) is 23.2 Å². The average molecular weight is 493 g/mol.